The summed E-state index contributed by atoms with van der Waals surface area (Å²) in [5, 5.41) is 12.3. The van der Waals surface area contributed by atoms with E-state index in [1.165, 1.54) is 55.0 Å². The molecule has 1 fully saturated rings. The van der Waals surface area contributed by atoms with Crippen LogP contribution in [0, 0.1) is 0 Å². The number of nitrogens with one attached hydrogen (secondary N) is 1. The van der Waals surface area contributed by atoms with E-state index >= 15 is 0 Å². The molecule has 6 heteroatoms. The molecule has 5 nitrogen and oxygen atoms in total. The van der Waals surface area contributed by atoms with Gasteiger partial charge in [-0.1, -0.05) is 73.5 Å². The Morgan fingerprint density at radius 1 is 1.03 bits per heavy atom. The maximum Gasteiger partial charge on any atom is 0.234 e. The van der Waals surface area contributed by atoms with Crippen LogP contribution in [-0.2, 0) is 18.3 Å². The summed E-state index contributed by atoms with van der Waals surface area (Å²) in [6.07, 6.45) is 7.32. The molecule has 156 valence electrons. The number of rotatable bonds is 7. The normalized spacial score (nSPS) is 14.6. The molecule has 30 heavy (non-hydrogen) atoms. The van der Waals surface area contributed by atoms with Gasteiger partial charge in [-0.05, 0) is 42.0 Å². The Balaban J connectivity index is 1.28. The van der Waals surface area contributed by atoms with Crippen LogP contribution in [0.5, 0.6) is 0 Å². The van der Waals surface area contributed by atoms with Gasteiger partial charge >= 0.3 is 0 Å². The highest BCUT2D eigenvalue weighted by Gasteiger charge is 2.16. The van der Waals surface area contributed by atoms with E-state index in [2.05, 4.69) is 39.8 Å². The van der Waals surface area contributed by atoms with Crippen LogP contribution >= 0.6 is 11.8 Å². The third kappa shape index (κ3) is 5.30. The molecule has 1 N–H and O–H groups in total. The van der Waals surface area contributed by atoms with E-state index in [9.17, 15) is 4.79 Å². The van der Waals surface area contributed by atoms with Crippen molar-refractivity contribution in [1.29, 1.82) is 0 Å². The number of carbonyl (C=O) groups is 1. The van der Waals surface area contributed by atoms with Crippen molar-refractivity contribution in [3.8, 4) is 0 Å². The summed E-state index contributed by atoms with van der Waals surface area (Å²) in [5.74, 6) is 1.85. The number of aromatic nitrogens is 3. The minimum Gasteiger partial charge on any atom is -0.325 e. The van der Waals surface area contributed by atoms with E-state index in [1.807, 2.05) is 41.9 Å². The van der Waals surface area contributed by atoms with Crippen LogP contribution in [0.3, 0.4) is 0 Å². The minimum atomic E-state index is -0.0296. The van der Waals surface area contributed by atoms with Gasteiger partial charge in [0.15, 0.2) is 5.16 Å². The number of thioether (sulfide) groups is 1. The maximum atomic E-state index is 12.4. The van der Waals surface area contributed by atoms with Crippen LogP contribution in [0.25, 0.3) is 0 Å². The van der Waals surface area contributed by atoms with E-state index in [0.717, 1.165) is 23.1 Å². The monoisotopic (exact) mass is 420 g/mol. The molecule has 1 amide bonds. The molecular formula is C24H28N4OS. The Labute approximate surface area is 182 Å². The Morgan fingerprint density at radius 3 is 2.50 bits per heavy atom. The molecule has 0 saturated heterocycles. The predicted molar refractivity (Wildman–Crippen MR) is 122 cm³/mol. The van der Waals surface area contributed by atoms with Crippen molar-refractivity contribution < 1.29 is 4.79 Å². The highest BCUT2D eigenvalue weighted by molar-refractivity contribution is 7.99. The van der Waals surface area contributed by atoms with Crippen molar-refractivity contribution in [2.24, 2.45) is 7.05 Å². The summed E-state index contributed by atoms with van der Waals surface area (Å²) >= 11 is 1.41. The van der Waals surface area contributed by atoms with Crippen LogP contribution in [0.1, 0.15) is 55.0 Å². The standard InChI is InChI=1S/C24H28N4OS/c1-28-22(16-18-8-4-2-5-9-18)26-27-24(28)30-17-23(29)25-21-14-12-20(13-15-21)19-10-6-3-7-11-19/h2,4-5,8-9,12-15,19H,3,6-7,10-11,16-17H2,1H3,(H,25,29). The molecule has 1 aliphatic rings. The molecule has 4 rings (SSSR count). The summed E-state index contributed by atoms with van der Waals surface area (Å²) in [5.41, 5.74) is 3.44. The summed E-state index contributed by atoms with van der Waals surface area (Å²) < 4.78 is 1.96. The van der Waals surface area contributed by atoms with Crippen LogP contribution in [0.15, 0.2) is 59.8 Å². The summed E-state index contributed by atoms with van der Waals surface area (Å²) in [6.45, 7) is 0. The van der Waals surface area contributed by atoms with Crippen molar-refractivity contribution in [3.05, 3.63) is 71.5 Å². The van der Waals surface area contributed by atoms with Gasteiger partial charge in [0.25, 0.3) is 0 Å². The molecule has 1 saturated carbocycles. The Morgan fingerprint density at radius 2 is 1.77 bits per heavy atom. The Hall–Kier alpha value is -2.60. The lowest BCUT2D eigenvalue weighted by Gasteiger charge is -2.22. The first-order valence-corrected chi connectivity index (χ1v) is 11.6. The number of nitrogens with zero attached hydrogens (tertiary/aromatic N) is 3. The Kier molecular flexibility index (Phi) is 6.84. The largest absolute Gasteiger partial charge is 0.325 e. The molecule has 0 bridgehead atoms. The predicted octanol–water partition coefficient (Wildman–Crippen LogP) is 5.18. The third-order valence-electron chi connectivity index (χ3n) is 5.73. The third-order valence-corrected chi connectivity index (χ3v) is 6.75. The smallest absolute Gasteiger partial charge is 0.234 e. The van der Waals surface area contributed by atoms with Gasteiger partial charge in [0, 0.05) is 19.2 Å². The number of benzene rings is 2. The topological polar surface area (TPSA) is 59.8 Å². The second-order valence-corrected chi connectivity index (χ2v) is 8.86. The molecule has 1 heterocycles. The molecule has 0 atom stereocenters. The summed E-state index contributed by atoms with van der Waals surface area (Å²) in [7, 11) is 1.95. The van der Waals surface area contributed by atoms with E-state index in [4.69, 9.17) is 0 Å². The van der Waals surface area contributed by atoms with Crippen molar-refractivity contribution in [1.82, 2.24) is 14.8 Å². The zero-order valence-electron chi connectivity index (χ0n) is 17.4. The maximum absolute atomic E-state index is 12.4. The van der Waals surface area contributed by atoms with E-state index in [1.54, 1.807) is 0 Å². The van der Waals surface area contributed by atoms with Crippen LogP contribution < -0.4 is 5.32 Å². The number of anilines is 1. The second-order valence-electron chi connectivity index (χ2n) is 7.91. The second kappa shape index (κ2) is 9.94. The van der Waals surface area contributed by atoms with Gasteiger partial charge in [-0.3, -0.25) is 4.79 Å². The van der Waals surface area contributed by atoms with Gasteiger partial charge in [0.05, 0.1) is 5.75 Å². The van der Waals surface area contributed by atoms with Crippen molar-refractivity contribution >= 4 is 23.4 Å². The first-order valence-electron chi connectivity index (χ1n) is 10.6. The lowest BCUT2D eigenvalue weighted by atomic mass is 9.84. The van der Waals surface area contributed by atoms with Crippen LogP contribution in [-0.4, -0.2) is 26.4 Å². The van der Waals surface area contributed by atoms with Gasteiger partial charge in [0.1, 0.15) is 5.82 Å². The van der Waals surface area contributed by atoms with Crippen molar-refractivity contribution in [2.75, 3.05) is 11.1 Å². The van der Waals surface area contributed by atoms with E-state index in [0.29, 0.717) is 11.7 Å². The fraction of sp³-hybridized carbons (Fsp3) is 0.375. The zero-order chi connectivity index (χ0) is 20.8. The molecule has 3 aromatic rings. The highest BCUT2D eigenvalue weighted by atomic mass is 32.2. The molecule has 0 spiro atoms. The average Bonchev–Trinajstić information content (AvgIpc) is 3.13. The molecule has 0 unspecified atom stereocenters. The quantitative estimate of drug-likeness (QED) is 0.535. The van der Waals surface area contributed by atoms with Crippen molar-refractivity contribution in [3.63, 3.8) is 0 Å². The van der Waals surface area contributed by atoms with Crippen LogP contribution in [0.4, 0.5) is 5.69 Å². The molecule has 1 aromatic heterocycles. The first kappa shape index (κ1) is 20.7. The van der Waals surface area contributed by atoms with Gasteiger partial charge < -0.3 is 9.88 Å². The Bertz CT molecular complexity index is 963. The average molecular weight is 421 g/mol. The first-order chi connectivity index (χ1) is 14.7. The summed E-state index contributed by atoms with van der Waals surface area (Å²) in [4.78, 5) is 12.4. The van der Waals surface area contributed by atoms with Crippen molar-refractivity contribution in [2.45, 2.75) is 49.6 Å². The lowest BCUT2D eigenvalue weighted by Crippen LogP contribution is -2.14. The molecular weight excluding hydrogens is 392 g/mol. The fourth-order valence-corrected chi connectivity index (χ4v) is 4.73. The molecule has 0 radical (unpaired) electrons. The van der Waals surface area contributed by atoms with Crippen LogP contribution in [0.2, 0.25) is 0 Å². The summed E-state index contributed by atoms with van der Waals surface area (Å²) in [6, 6.07) is 18.6. The van der Waals surface area contributed by atoms with E-state index < -0.39 is 0 Å². The minimum absolute atomic E-state index is 0.0296. The number of amides is 1. The zero-order valence-corrected chi connectivity index (χ0v) is 18.2. The fourth-order valence-electron chi connectivity index (χ4n) is 4.00. The lowest BCUT2D eigenvalue weighted by molar-refractivity contribution is -0.113. The van der Waals surface area contributed by atoms with E-state index in [-0.39, 0.29) is 5.91 Å². The number of hydrogen-bond donors (Lipinski definition) is 1. The molecule has 1 aliphatic carbocycles. The highest BCUT2D eigenvalue weighted by Crippen LogP contribution is 2.33. The van der Waals surface area contributed by atoms with Gasteiger partial charge in [-0.15, -0.1) is 10.2 Å². The molecule has 0 aliphatic heterocycles. The SMILES string of the molecule is Cn1c(Cc2ccccc2)nnc1SCC(=O)Nc1ccc(C2CCCCC2)cc1. The van der Waals surface area contributed by atoms with Gasteiger partial charge in [0.2, 0.25) is 5.91 Å². The number of carbonyl (C=O) groups excluding carboxylic acids is 1. The molecule has 2 aromatic carbocycles. The van der Waals surface area contributed by atoms with Gasteiger partial charge in [-0.25, -0.2) is 0 Å². The van der Waals surface area contributed by atoms with Gasteiger partial charge in [-0.2, -0.15) is 0 Å². The number of hydrogen-bond acceptors (Lipinski definition) is 4.